The van der Waals surface area contributed by atoms with Gasteiger partial charge in [-0.05, 0) is 73.2 Å². The monoisotopic (exact) mass is 418 g/mol. The molecule has 0 spiro atoms. The predicted octanol–water partition coefficient (Wildman–Crippen LogP) is 6.89. The van der Waals surface area contributed by atoms with Crippen LogP contribution in [0.4, 0.5) is 4.39 Å². The molecule has 0 aromatic heterocycles. The number of hydrogen-bond acceptors (Lipinski definition) is 2. The smallest absolute Gasteiger partial charge is 0.0927 e. The lowest BCUT2D eigenvalue weighted by Crippen LogP contribution is -2.36. The molecular weight excluding hydrogens is 375 g/mol. The van der Waals surface area contributed by atoms with Gasteiger partial charge in [-0.2, -0.15) is 0 Å². The molecular formula is C27H43FO2. The van der Waals surface area contributed by atoms with E-state index in [2.05, 4.69) is 33.8 Å². The first-order valence-corrected chi connectivity index (χ1v) is 12.3. The van der Waals surface area contributed by atoms with Gasteiger partial charge in [0.15, 0.2) is 0 Å². The van der Waals surface area contributed by atoms with E-state index in [0.29, 0.717) is 29.7 Å². The molecule has 2 N–H and O–H groups in total. The number of fused-ring (bicyclic) bond motifs is 1. The minimum absolute atomic E-state index is 0.223. The summed E-state index contributed by atoms with van der Waals surface area (Å²) in [6.45, 7) is 9.63. The minimum Gasteiger partial charge on any atom is -0.393 e. The molecule has 3 rings (SSSR count). The lowest BCUT2D eigenvalue weighted by Gasteiger charge is -2.44. The third-order valence-corrected chi connectivity index (χ3v) is 8.46. The van der Waals surface area contributed by atoms with Gasteiger partial charge in [0.25, 0.3) is 0 Å². The normalized spacial score (nSPS) is 39.8. The maximum Gasteiger partial charge on any atom is 0.0927 e. The van der Waals surface area contributed by atoms with E-state index < -0.39 is 12.2 Å². The number of aliphatic hydroxyl groups excluding tert-OH is 2. The van der Waals surface area contributed by atoms with Crippen molar-refractivity contribution >= 4 is 0 Å². The fourth-order valence-corrected chi connectivity index (χ4v) is 6.83. The molecule has 2 nitrogen and oxygen atoms in total. The lowest BCUT2D eigenvalue weighted by molar-refractivity contribution is 0.0850. The summed E-state index contributed by atoms with van der Waals surface area (Å²) in [6, 6.07) is 0. The molecule has 0 aromatic rings. The highest BCUT2D eigenvalue weighted by Crippen LogP contribution is 2.60. The van der Waals surface area contributed by atoms with Gasteiger partial charge in [-0.25, -0.2) is 4.39 Å². The molecule has 0 bridgehead atoms. The van der Waals surface area contributed by atoms with Crippen LogP contribution in [0.15, 0.2) is 35.2 Å². The van der Waals surface area contributed by atoms with Crippen molar-refractivity contribution in [2.75, 3.05) is 0 Å². The van der Waals surface area contributed by atoms with Gasteiger partial charge in [0.1, 0.15) is 0 Å². The Morgan fingerprint density at radius 1 is 1.13 bits per heavy atom. The van der Waals surface area contributed by atoms with E-state index >= 15 is 0 Å². The molecule has 3 aliphatic rings. The number of rotatable bonds is 6. The predicted molar refractivity (Wildman–Crippen MR) is 123 cm³/mol. The van der Waals surface area contributed by atoms with Crippen molar-refractivity contribution in [3.63, 3.8) is 0 Å². The minimum atomic E-state index is -0.900. The molecule has 0 saturated heterocycles. The van der Waals surface area contributed by atoms with Crippen molar-refractivity contribution in [3.05, 3.63) is 35.2 Å². The second-order valence-corrected chi connectivity index (χ2v) is 11.0. The van der Waals surface area contributed by atoms with E-state index in [9.17, 15) is 14.6 Å². The molecule has 0 heterocycles. The summed E-state index contributed by atoms with van der Waals surface area (Å²) in [5, 5.41) is 20.1. The third-order valence-electron chi connectivity index (χ3n) is 8.46. The zero-order valence-corrected chi connectivity index (χ0v) is 19.5. The Kier molecular flexibility index (Phi) is 8.01. The first-order valence-electron chi connectivity index (χ1n) is 12.3. The van der Waals surface area contributed by atoms with Crippen LogP contribution in [-0.2, 0) is 0 Å². The summed E-state index contributed by atoms with van der Waals surface area (Å²) in [4.78, 5) is 0. The molecule has 3 aliphatic carbocycles. The maximum atomic E-state index is 13.4. The molecule has 0 aliphatic heterocycles. The summed E-state index contributed by atoms with van der Waals surface area (Å²) in [5.74, 6) is 2.99. The molecule has 0 amide bonds. The topological polar surface area (TPSA) is 40.5 Å². The van der Waals surface area contributed by atoms with E-state index in [1.165, 1.54) is 50.5 Å². The van der Waals surface area contributed by atoms with E-state index in [0.717, 1.165) is 29.7 Å². The van der Waals surface area contributed by atoms with Crippen LogP contribution in [0, 0.1) is 29.1 Å². The van der Waals surface area contributed by atoms with Crippen LogP contribution in [-0.4, -0.2) is 22.4 Å². The first kappa shape index (κ1) is 23.7. The number of aliphatic hydroxyl groups is 2. The van der Waals surface area contributed by atoms with E-state index in [1.807, 2.05) is 6.08 Å². The summed E-state index contributed by atoms with van der Waals surface area (Å²) >= 11 is 0. The van der Waals surface area contributed by atoms with Gasteiger partial charge in [-0.15, -0.1) is 0 Å². The Morgan fingerprint density at radius 2 is 1.90 bits per heavy atom. The van der Waals surface area contributed by atoms with Crippen LogP contribution >= 0.6 is 0 Å². The second kappa shape index (κ2) is 10.1. The number of hydrogen-bond donors (Lipinski definition) is 2. The van der Waals surface area contributed by atoms with Crippen LogP contribution in [0.25, 0.3) is 0 Å². The standard InChI is InChI=1S/C27H43FO2/c1-18(2)7-5-8-19(3)24-12-13-25-20(9-6-14-27(24,25)4)10-11-21-15-22(29)16-26(30)23(21)17-28/h10-11,17-19,22,24-26,29-30H,5-9,12-16H2,1-4H3/b20-10+,21-11-,23-17-/t19-,22-,24?,25?,26+,27?/m1/s1. The summed E-state index contributed by atoms with van der Waals surface area (Å²) in [5.41, 5.74) is 2.98. The van der Waals surface area contributed by atoms with E-state index in [1.54, 1.807) is 0 Å². The maximum absolute atomic E-state index is 13.4. The van der Waals surface area contributed by atoms with E-state index in [-0.39, 0.29) is 6.42 Å². The SMILES string of the molecule is CC(C)CCC[C@@H](C)C1CCC2/C(=C/C=C3/C[C@@H](O)C[C@H](O)/C3=C\F)CCCC21C. The van der Waals surface area contributed by atoms with Crippen molar-refractivity contribution in [3.8, 4) is 0 Å². The average molecular weight is 419 g/mol. The number of allylic oxidation sites excluding steroid dienone is 3. The van der Waals surface area contributed by atoms with Crippen molar-refractivity contribution in [1.29, 1.82) is 0 Å². The quantitative estimate of drug-likeness (QED) is 0.493. The molecule has 170 valence electrons. The van der Waals surface area contributed by atoms with Crippen LogP contribution in [0.5, 0.6) is 0 Å². The fraction of sp³-hybridized carbons (Fsp3) is 0.778. The molecule has 6 atom stereocenters. The Morgan fingerprint density at radius 3 is 2.60 bits per heavy atom. The van der Waals surface area contributed by atoms with Crippen LogP contribution in [0.3, 0.4) is 0 Å². The zero-order chi connectivity index (χ0) is 21.9. The van der Waals surface area contributed by atoms with Crippen molar-refractivity contribution in [1.82, 2.24) is 0 Å². The Balaban J connectivity index is 1.74. The first-order chi connectivity index (χ1) is 14.3. The molecule has 0 aromatic carbocycles. The highest BCUT2D eigenvalue weighted by atomic mass is 19.1. The van der Waals surface area contributed by atoms with Crippen LogP contribution < -0.4 is 0 Å². The summed E-state index contributed by atoms with van der Waals surface area (Å²) in [6.07, 6.45) is 14.1. The van der Waals surface area contributed by atoms with Crippen molar-refractivity contribution < 1.29 is 14.6 Å². The van der Waals surface area contributed by atoms with Gasteiger partial charge in [0, 0.05) is 12.0 Å². The second-order valence-electron chi connectivity index (χ2n) is 11.0. The van der Waals surface area contributed by atoms with Gasteiger partial charge in [0.05, 0.1) is 18.5 Å². The highest BCUT2D eigenvalue weighted by Gasteiger charge is 2.50. The Bertz CT molecular complexity index is 676. The lowest BCUT2D eigenvalue weighted by atomic mass is 9.60. The van der Waals surface area contributed by atoms with Crippen LogP contribution in [0.2, 0.25) is 0 Å². The third kappa shape index (κ3) is 5.10. The van der Waals surface area contributed by atoms with Gasteiger partial charge >= 0.3 is 0 Å². The van der Waals surface area contributed by atoms with Crippen molar-refractivity contribution in [2.24, 2.45) is 29.1 Å². The molecule has 0 radical (unpaired) electrons. The van der Waals surface area contributed by atoms with Gasteiger partial charge in [-0.3, -0.25) is 0 Å². The molecule has 3 unspecified atom stereocenters. The van der Waals surface area contributed by atoms with E-state index in [4.69, 9.17) is 0 Å². The molecule has 30 heavy (non-hydrogen) atoms. The molecule has 3 saturated carbocycles. The van der Waals surface area contributed by atoms with Gasteiger partial charge in [-0.1, -0.05) is 64.7 Å². The zero-order valence-electron chi connectivity index (χ0n) is 19.5. The fourth-order valence-electron chi connectivity index (χ4n) is 6.83. The largest absolute Gasteiger partial charge is 0.393 e. The highest BCUT2D eigenvalue weighted by molar-refractivity contribution is 5.39. The molecule has 3 heteroatoms. The summed E-state index contributed by atoms with van der Waals surface area (Å²) in [7, 11) is 0. The van der Waals surface area contributed by atoms with Crippen LogP contribution in [0.1, 0.15) is 91.9 Å². The van der Waals surface area contributed by atoms with Crippen molar-refractivity contribution in [2.45, 2.75) is 104 Å². The summed E-state index contributed by atoms with van der Waals surface area (Å²) < 4.78 is 13.4. The molecule has 3 fully saturated rings. The van der Waals surface area contributed by atoms with Gasteiger partial charge in [0.2, 0.25) is 0 Å². The number of halogens is 1. The van der Waals surface area contributed by atoms with Gasteiger partial charge < -0.3 is 10.2 Å². The average Bonchev–Trinajstić information content (AvgIpc) is 3.03. The Hall–Kier alpha value is -0.930. The Labute approximate surface area is 183 Å².